The van der Waals surface area contributed by atoms with Gasteiger partial charge in [-0.3, -0.25) is 4.99 Å². The largest absolute Gasteiger partial charge is 0.483 e. The normalized spacial score (nSPS) is 11.5. The molecule has 0 heterocycles. The Bertz CT molecular complexity index is 296. The minimum Gasteiger partial charge on any atom is -0.483 e. The van der Waals surface area contributed by atoms with E-state index in [0.29, 0.717) is 19.1 Å². The van der Waals surface area contributed by atoms with Crippen molar-refractivity contribution in [2.45, 2.75) is 13.5 Å². The van der Waals surface area contributed by atoms with Crippen molar-refractivity contribution in [1.29, 1.82) is 0 Å². The summed E-state index contributed by atoms with van der Waals surface area (Å²) in [4.78, 5) is 4.14. The van der Waals surface area contributed by atoms with E-state index in [-0.39, 0.29) is 0 Å². The smallest absolute Gasteiger partial charge is 0.209 e. The predicted molar refractivity (Wildman–Crippen MR) is 61.1 cm³/mol. The summed E-state index contributed by atoms with van der Waals surface area (Å²) in [5.41, 5.74) is 1.16. The van der Waals surface area contributed by atoms with Gasteiger partial charge < -0.3 is 9.47 Å². The van der Waals surface area contributed by atoms with E-state index in [1.54, 1.807) is 7.11 Å². The molecule has 0 radical (unpaired) electrons. The predicted octanol–water partition coefficient (Wildman–Crippen LogP) is 2.27. The van der Waals surface area contributed by atoms with Crippen molar-refractivity contribution in [2.75, 3.05) is 20.3 Å². The lowest BCUT2D eigenvalue weighted by Gasteiger charge is -2.06. The Kier molecular flexibility index (Phi) is 5.48. The highest BCUT2D eigenvalue weighted by molar-refractivity contribution is 5.77. The lowest BCUT2D eigenvalue weighted by Crippen LogP contribution is -2.11. The summed E-state index contributed by atoms with van der Waals surface area (Å²) in [6, 6.07) is 10.0. The van der Waals surface area contributed by atoms with Crippen molar-refractivity contribution in [1.82, 2.24) is 0 Å². The maximum atomic E-state index is 5.47. The molecule has 0 N–H and O–H groups in total. The number of aliphatic imine (C=N–C) groups is 1. The van der Waals surface area contributed by atoms with E-state index in [0.717, 1.165) is 12.1 Å². The fourth-order valence-corrected chi connectivity index (χ4v) is 1.18. The Morgan fingerprint density at radius 2 is 2.00 bits per heavy atom. The molecule has 0 aliphatic heterocycles. The van der Waals surface area contributed by atoms with Crippen molar-refractivity contribution < 1.29 is 9.47 Å². The van der Waals surface area contributed by atoms with Crippen LogP contribution in [0.25, 0.3) is 0 Å². The van der Waals surface area contributed by atoms with Crippen LogP contribution >= 0.6 is 0 Å². The summed E-state index contributed by atoms with van der Waals surface area (Å²) in [6.45, 7) is 3.71. The zero-order valence-corrected chi connectivity index (χ0v) is 9.27. The van der Waals surface area contributed by atoms with Crippen molar-refractivity contribution in [3.05, 3.63) is 35.9 Å². The first-order valence-corrected chi connectivity index (χ1v) is 5.05. The van der Waals surface area contributed by atoms with E-state index in [2.05, 4.69) is 4.99 Å². The highest BCUT2D eigenvalue weighted by Gasteiger charge is 1.98. The molecule has 3 heteroatoms. The van der Waals surface area contributed by atoms with Gasteiger partial charge in [-0.1, -0.05) is 30.3 Å². The van der Waals surface area contributed by atoms with Gasteiger partial charge in [-0.25, -0.2) is 0 Å². The van der Waals surface area contributed by atoms with Gasteiger partial charge in [0.2, 0.25) is 5.90 Å². The van der Waals surface area contributed by atoms with Gasteiger partial charge in [-0.2, -0.15) is 0 Å². The van der Waals surface area contributed by atoms with E-state index >= 15 is 0 Å². The molecular formula is C12H17NO2. The highest BCUT2D eigenvalue weighted by atomic mass is 16.5. The zero-order chi connectivity index (χ0) is 10.9. The molecule has 0 aromatic heterocycles. The molecule has 1 aromatic carbocycles. The van der Waals surface area contributed by atoms with Crippen molar-refractivity contribution >= 4 is 5.90 Å². The van der Waals surface area contributed by atoms with E-state index in [1.165, 1.54) is 0 Å². The number of rotatable bonds is 5. The van der Waals surface area contributed by atoms with Crippen LogP contribution in [0, 0.1) is 0 Å². The number of benzene rings is 1. The maximum Gasteiger partial charge on any atom is 0.209 e. The van der Waals surface area contributed by atoms with Gasteiger partial charge in [0, 0.05) is 6.54 Å². The van der Waals surface area contributed by atoms with Gasteiger partial charge in [-0.05, 0) is 12.5 Å². The summed E-state index contributed by atoms with van der Waals surface area (Å²) in [5.74, 6) is 0.647. The number of hydrogen-bond donors (Lipinski definition) is 0. The molecule has 0 spiro atoms. The molecule has 0 saturated carbocycles. The Morgan fingerprint density at radius 1 is 1.27 bits per heavy atom. The monoisotopic (exact) mass is 207 g/mol. The van der Waals surface area contributed by atoms with Gasteiger partial charge in [0.1, 0.15) is 6.61 Å². The van der Waals surface area contributed by atoms with E-state index in [9.17, 15) is 0 Å². The lowest BCUT2D eigenvalue weighted by molar-refractivity contribution is 0.143. The van der Waals surface area contributed by atoms with Crippen LogP contribution in [0.5, 0.6) is 0 Å². The number of nitrogens with zero attached hydrogens (tertiary/aromatic N) is 1. The quantitative estimate of drug-likeness (QED) is 0.547. The summed E-state index contributed by atoms with van der Waals surface area (Å²) < 4.78 is 10.5. The highest BCUT2D eigenvalue weighted by Crippen LogP contribution is 2.00. The fraction of sp³-hybridized carbons (Fsp3) is 0.417. The van der Waals surface area contributed by atoms with Crippen LogP contribution in [-0.4, -0.2) is 26.2 Å². The first-order valence-electron chi connectivity index (χ1n) is 5.05. The molecular weight excluding hydrogens is 190 g/mol. The first-order chi connectivity index (χ1) is 7.36. The van der Waals surface area contributed by atoms with Crippen LogP contribution in [0.4, 0.5) is 0 Å². The lowest BCUT2D eigenvalue weighted by atomic mass is 10.2. The molecule has 0 aliphatic carbocycles. The van der Waals surface area contributed by atoms with Crippen LogP contribution in [-0.2, 0) is 16.1 Å². The maximum absolute atomic E-state index is 5.47. The Morgan fingerprint density at radius 3 is 2.60 bits per heavy atom. The second-order valence-electron chi connectivity index (χ2n) is 3.05. The zero-order valence-electron chi connectivity index (χ0n) is 9.27. The van der Waals surface area contributed by atoms with Crippen LogP contribution in [0.3, 0.4) is 0 Å². The van der Waals surface area contributed by atoms with Crippen LogP contribution in [0.1, 0.15) is 12.5 Å². The Labute approximate surface area is 90.7 Å². The van der Waals surface area contributed by atoms with Gasteiger partial charge in [-0.15, -0.1) is 0 Å². The second-order valence-corrected chi connectivity index (χ2v) is 3.05. The number of methoxy groups -OCH3 is 1. The van der Waals surface area contributed by atoms with Crippen molar-refractivity contribution in [2.24, 2.45) is 4.99 Å². The first kappa shape index (κ1) is 11.7. The molecule has 0 amide bonds. The van der Waals surface area contributed by atoms with Crippen LogP contribution < -0.4 is 0 Å². The molecule has 82 valence electrons. The molecule has 3 nitrogen and oxygen atoms in total. The average molecular weight is 207 g/mol. The molecule has 0 bridgehead atoms. The molecule has 0 fully saturated rings. The van der Waals surface area contributed by atoms with Crippen LogP contribution in [0.2, 0.25) is 0 Å². The van der Waals surface area contributed by atoms with Crippen LogP contribution in [0.15, 0.2) is 35.3 Å². The molecule has 1 aromatic rings. The number of hydrogen-bond acceptors (Lipinski definition) is 3. The molecule has 1 rings (SSSR count). The SMILES string of the molecule is CC/N=C(/COCc1ccccc1)OC. The fourth-order valence-electron chi connectivity index (χ4n) is 1.18. The minimum atomic E-state index is 0.430. The molecule has 0 saturated heterocycles. The third-order valence-corrected chi connectivity index (χ3v) is 1.91. The van der Waals surface area contributed by atoms with Crippen molar-refractivity contribution in [3.8, 4) is 0 Å². The second kappa shape index (κ2) is 7.01. The van der Waals surface area contributed by atoms with Gasteiger partial charge in [0.05, 0.1) is 13.7 Å². The summed E-state index contributed by atoms with van der Waals surface area (Å²) in [7, 11) is 1.61. The van der Waals surface area contributed by atoms with E-state index < -0.39 is 0 Å². The van der Waals surface area contributed by atoms with E-state index in [1.807, 2.05) is 37.3 Å². The Balaban J connectivity index is 2.30. The van der Waals surface area contributed by atoms with Gasteiger partial charge in [0.15, 0.2) is 0 Å². The number of ether oxygens (including phenoxy) is 2. The topological polar surface area (TPSA) is 30.8 Å². The summed E-state index contributed by atoms with van der Waals surface area (Å²) in [6.07, 6.45) is 0. The van der Waals surface area contributed by atoms with Gasteiger partial charge in [0.25, 0.3) is 0 Å². The van der Waals surface area contributed by atoms with Crippen molar-refractivity contribution in [3.63, 3.8) is 0 Å². The molecule has 0 aliphatic rings. The standard InChI is InChI=1S/C12H17NO2/c1-3-13-12(14-2)10-15-9-11-7-5-4-6-8-11/h4-8H,3,9-10H2,1-2H3/b13-12-. The summed E-state index contributed by atoms with van der Waals surface area (Å²) in [5, 5.41) is 0. The molecule has 0 unspecified atom stereocenters. The molecule has 0 atom stereocenters. The third-order valence-electron chi connectivity index (χ3n) is 1.91. The summed E-state index contributed by atoms with van der Waals surface area (Å²) >= 11 is 0. The minimum absolute atomic E-state index is 0.430. The Hall–Kier alpha value is -1.35. The molecule has 15 heavy (non-hydrogen) atoms. The van der Waals surface area contributed by atoms with Gasteiger partial charge >= 0.3 is 0 Å². The third kappa shape index (κ3) is 4.61. The average Bonchev–Trinajstić information content (AvgIpc) is 2.29. The van der Waals surface area contributed by atoms with E-state index in [4.69, 9.17) is 9.47 Å².